The first kappa shape index (κ1) is 23.2. The van der Waals surface area contributed by atoms with Gasteiger partial charge in [-0.1, -0.05) is 83.8 Å². The summed E-state index contributed by atoms with van der Waals surface area (Å²) < 4.78 is 5.25. The number of unbranched alkanes of at least 4 members (excludes halogenated alkanes) is 12. The van der Waals surface area contributed by atoms with Crippen molar-refractivity contribution in [2.24, 2.45) is 0 Å². The van der Waals surface area contributed by atoms with Gasteiger partial charge in [-0.3, -0.25) is 4.79 Å². The molecule has 0 spiro atoms. The van der Waals surface area contributed by atoms with Gasteiger partial charge in [-0.05, 0) is 38.5 Å². The van der Waals surface area contributed by atoms with Crippen LogP contribution >= 0.6 is 0 Å². The lowest BCUT2D eigenvalue weighted by molar-refractivity contribution is -0.143. The molecule has 0 saturated heterocycles. The van der Waals surface area contributed by atoms with Crippen LogP contribution in [0.2, 0.25) is 0 Å². The van der Waals surface area contributed by atoms with Crippen LogP contribution in [0.1, 0.15) is 117 Å². The number of rotatable bonds is 18. The van der Waals surface area contributed by atoms with Crippen molar-refractivity contribution in [2.75, 3.05) is 6.61 Å². The van der Waals surface area contributed by atoms with E-state index in [1.165, 1.54) is 70.6 Å². The van der Waals surface area contributed by atoms with E-state index in [1.807, 2.05) is 0 Å². The van der Waals surface area contributed by atoms with E-state index in [2.05, 4.69) is 26.0 Å². The van der Waals surface area contributed by atoms with Crippen LogP contribution in [-0.2, 0) is 9.53 Å². The van der Waals surface area contributed by atoms with Gasteiger partial charge < -0.3 is 4.74 Å². The third kappa shape index (κ3) is 19.3. The summed E-state index contributed by atoms with van der Waals surface area (Å²) in [6, 6.07) is 0. The highest BCUT2D eigenvalue weighted by Crippen LogP contribution is 2.09. The van der Waals surface area contributed by atoms with Crippen LogP contribution in [0.25, 0.3) is 0 Å². The summed E-state index contributed by atoms with van der Waals surface area (Å²) in [5.41, 5.74) is 0. The Labute approximate surface area is 151 Å². The second kappa shape index (κ2) is 20.3. The lowest BCUT2D eigenvalue weighted by atomic mass is 10.1. The summed E-state index contributed by atoms with van der Waals surface area (Å²) in [7, 11) is 0. The van der Waals surface area contributed by atoms with Crippen molar-refractivity contribution in [3.8, 4) is 0 Å². The molecule has 0 radical (unpaired) electrons. The first-order chi connectivity index (χ1) is 11.8. The Morgan fingerprint density at radius 3 is 1.79 bits per heavy atom. The van der Waals surface area contributed by atoms with E-state index in [-0.39, 0.29) is 5.97 Å². The Morgan fingerprint density at radius 1 is 0.667 bits per heavy atom. The Hall–Kier alpha value is -0.790. The van der Waals surface area contributed by atoms with Gasteiger partial charge in [-0.25, -0.2) is 0 Å². The summed E-state index contributed by atoms with van der Waals surface area (Å²) in [6.07, 6.45) is 24.0. The molecule has 0 aromatic carbocycles. The summed E-state index contributed by atoms with van der Waals surface area (Å²) in [6.45, 7) is 5.03. The Bertz CT molecular complexity index is 284. The first-order valence-corrected chi connectivity index (χ1v) is 10.6. The number of hydrogen-bond donors (Lipinski definition) is 0. The average Bonchev–Trinajstić information content (AvgIpc) is 2.58. The van der Waals surface area contributed by atoms with E-state index in [1.54, 1.807) is 0 Å². The average molecular weight is 339 g/mol. The first-order valence-electron chi connectivity index (χ1n) is 10.6. The predicted octanol–water partition coefficient (Wildman–Crippen LogP) is 7.37. The lowest BCUT2D eigenvalue weighted by Crippen LogP contribution is -2.05. The van der Waals surface area contributed by atoms with E-state index in [4.69, 9.17) is 4.74 Å². The minimum Gasteiger partial charge on any atom is -0.466 e. The molecule has 0 bridgehead atoms. The molecule has 24 heavy (non-hydrogen) atoms. The molecule has 0 saturated carbocycles. The second-order valence-corrected chi connectivity index (χ2v) is 6.91. The molecule has 0 amide bonds. The maximum absolute atomic E-state index is 11.4. The number of carbonyl (C=O) groups is 1. The monoisotopic (exact) mass is 338 g/mol. The highest BCUT2D eigenvalue weighted by Gasteiger charge is 2.01. The van der Waals surface area contributed by atoms with Gasteiger partial charge in [-0.2, -0.15) is 0 Å². The zero-order chi connectivity index (χ0) is 17.7. The highest BCUT2D eigenvalue weighted by molar-refractivity contribution is 5.69. The van der Waals surface area contributed by atoms with E-state index in [0.29, 0.717) is 13.0 Å². The zero-order valence-electron chi connectivity index (χ0n) is 16.5. The van der Waals surface area contributed by atoms with Crippen LogP contribution < -0.4 is 0 Å². The largest absolute Gasteiger partial charge is 0.466 e. The van der Waals surface area contributed by atoms with Crippen molar-refractivity contribution in [3.05, 3.63) is 12.2 Å². The molecule has 0 aliphatic heterocycles. The van der Waals surface area contributed by atoms with E-state index < -0.39 is 0 Å². The van der Waals surface area contributed by atoms with E-state index in [0.717, 1.165) is 25.7 Å². The van der Waals surface area contributed by atoms with E-state index in [9.17, 15) is 4.79 Å². The predicted molar refractivity (Wildman–Crippen MR) is 105 cm³/mol. The molecular formula is C22H42O2. The quantitative estimate of drug-likeness (QED) is 0.148. The van der Waals surface area contributed by atoms with Gasteiger partial charge in [-0.15, -0.1) is 0 Å². The minimum atomic E-state index is -0.00932. The molecule has 2 heteroatoms. The fourth-order valence-corrected chi connectivity index (χ4v) is 2.77. The van der Waals surface area contributed by atoms with Crippen LogP contribution in [0.4, 0.5) is 0 Å². The zero-order valence-corrected chi connectivity index (χ0v) is 16.5. The fourth-order valence-electron chi connectivity index (χ4n) is 2.77. The molecular weight excluding hydrogens is 296 g/mol. The van der Waals surface area contributed by atoms with E-state index >= 15 is 0 Å². The number of esters is 1. The van der Waals surface area contributed by atoms with Crippen LogP contribution in [0.15, 0.2) is 12.2 Å². The smallest absolute Gasteiger partial charge is 0.305 e. The van der Waals surface area contributed by atoms with Crippen molar-refractivity contribution < 1.29 is 9.53 Å². The summed E-state index contributed by atoms with van der Waals surface area (Å²) >= 11 is 0. The minimum absolute atomic E-state index is 0.00932. The van der Waals surface area contributed by atoms with Crippen LogP contribution in [0.5, 0.6) is 0 Å². The topological polar surface area (TPSA) is 26.3 Å². The number of hydrogen-bond acceptors (Lipinski definition) is 2. The molecule has 142 valence electrons. The molecule has 2 nitrogen and oxygen atoms in total. The van der Waals surface area contributed by atoms with Gasteiger partial charge in [0.05, 0.1) is 6.61 Å². The molecule has 0 aliphatic carbocycles. The van der Waals surface area contributed by atoms with Gasteiger partial charge >= 0.3 is 5.97 Å². The lowest BCUT2D eigenvalue weighted by Gasteiger charge is -2.04. The summed E-state index contributed by atoms with van der Waals surface area (Å²) in [5.74, 6) is -0.00932. The molecule has 0 aromatic rings. The van der Waals surface area contributed by atoms with Gasteiger partial charge in [0, 0.05) is 6.42 Å². The number of ether oxygens (including phenoxy) is 1. The molecule has 0 fully saturated rings. The number of allylic oxidation sites excluding steroid dienone is 2. The molecule has 0 aliphatic rings. The Kier molecular flexibility index (Phi) is 19.6. The van der Waals surface area contributed by atoms with Crippen molar-refractivity contribution in [1.82, 2.24) is 0 Å². The molecule has 0 atom stereocenters. The fraction of sp³-hybridized carbons (Fsp3) is 0.864. The summed E-state index contributed by atoms with van der Waals surface area (Å²) in [5, 5.41) is 0. The maximum Gasteiger partial charge on any atom is 0.305 e. The third-order valence-electron chi connectivity index (χ3n) is 4.40. The third-order valence-corrected chi connectivity index (χ3v) is 4.40. The molecule has 0 aromatic heterocycles. The van der Waals surface area contributed by atoms with Crippen LogP contribution in [0.3, 0.4) is 0 Å². The molecule has 0 unspecified atom stereocenters. The highest BCUT2D eigenvalue weighted by atomic mass is 16.5. The molecule has 0 N–H and O–H groups in total. The standard InChI is InChI=1S/C22H42O2/c1-3-5-7-8-9-10-11-12-13-14-15-16-17-19-21-24-22(23)20-18-6-4-2/h10-11H,3-9,12-21H2,1-2H3. The van der Waals surface area contributed by atoms with Gasteiger partial charge in [0.25, 0.3) is 0 Å². The Morgan fingerprint density at radius 2 is 1.17 bits per heavy atom. The van der Waals surface area contributed by atoms with Crippen molar-refractivity contribution in [2.45, 2.75) is 117 Å². The second-order valence-electron chi connectivity index (χ2n) is 6.91. The van der Waals surface area contributed by atoms with Crippen LogP contribution in [0, 0.1) is 0 Å². The summed E-state index contributed by atoms with van der Waals surface area (Å²) in [4.78, 5) is 11.4. The van der Waals surface area contributed by atoms with Gasteiger partial charge in [0.15, 0.2) is 0 Å². The maximum atomic E-state index is 11.4. The van der Waals surface area contributed by atoms with Crippen molar-refractivity contribution >= 4 is 5.97 Å². The van der Waals surface area contributed by atoms with Crippen molar-refractivity contribution in [1.29, 1.82) is 0 Å². The van der Waals surface area contributed by atoms with Crippen molar-refractivity contribution in [3.63, 3.8) is 0 Å². The normalized spacial score (nSPS) is 11.2. The molecule has 0 heterocycles. The molecule has 0 rings (SSSR count). The van der Waals surface area contributed by atoms with Gasteiger partial charge in [0.2, 0.25) is 0 Å². The number of carbonyl (C=O) groups excluding carboxylic acids is 1. The Balaban J connectivity index is 3.14. The van der Waals surface area contributed by atoms with Gasteiger partial charge in [0.1, 0.15) is 0 Å². The van der Waals surface area contributed by atoms with Crippen LogP contribution in [-0.4, -0.2) is 12.6 Å². The SMILES string of the molecule is CCCCCCC=CCCCCCCCCOC(=O)CCCCC.